The topological polar surface area (TPSA) is 64.2 Å². The Morgan fingerprint density at radius 3 is 1.60 bits per heavy atom. The van der Waals surface area contributed by atoms with E-state index < -0.39 is 17.6 Å². The van der Waals surface area contributed by atoms with Crippen LogP contribution in [0.3, 0.4) is 0 Å². The van der Waals surface area contributed by atoms with Crippen molar-refractivity contribution in [2.75, 3.05) is 0 Å². The molecule has 0 aliphatic rings. The highest BCUT2D eigenvalue weighted by molar-refractivity contribution is 5.47. The summed E-state index contributed by atoms with van der Waals surface area (Å²) < 4.78 is 0. The van der Waals surface area contributed by atoms with E-state index in [9.17, 15) is 15.5 Å². The number of rotatable bonds is 4. The SMILES string of the molecule is C[C@H](O)[C@@H](O)C(C#N)(c1ccccc1)c1ccccc1. The fourth-order valence-corrected chi connectivity index (χ4v) is 2.47. The van der Waals surface area contributed by atoms with Gasteiger partial charge in [0.2, 0.25) is 0 Å². The first-order valence-corrected chi connectivity index (χ1v) is 6.51. The van der Waals surface area contributed by atoms with Crippen molar-refractivity contribution in [3.8, 4) is 6.07 Å². The van der Waals surface area contributed by atoms with E-state index in [1.54, 1.807) is 24.3 Å². The molecule has 0 amide bonds. The van der Waals surface area contributed by atoms with Gasteiger partial charge in [-0.15, -0.1) is 0 Å². The fourth-order valence-electron chi connectivity index (χ4n) is 2.47. The van der Waals surface area contributed by atoms with E-state index >= 15 is 0 Å². The minimum atomic E-state index is -1.28. The first kappa shape index (κ1) is 14.3. The number of aliphatic hydroxyl groups excluding tert-OH is 2. The molecule has 0 fully saturated rings. The van der Waals surface area contributed by atoms with E-state index in [2.05, 4.69) is 6.07 Å². The third-order valence-electron chi connectivity index (χ3n) is 3.54. The molecule has 3 heteroatoms. The van der Waals surface area contributed by atoms with Crippen molar-refractivity contribution in [3.63, 3.8) is 0 Å². The molecule has 0 saturated carbocycles. The molecular weight excluding hydrogens is 250 g/mol. The molecule has 2 atom stereocenters. The standard InChI is InChI=1S/C17H17NO2/c1-13(19)16(20)17(12-18,14-8-4-2-5-9-14)15-10-6-3-7-11-15/h2-11,13,16,19-20H,1H3/t13-,16+/m0/s1. The van der Waals surface area contributed by atoms with Crippen LogP contribution in [0.2, 0.25) is 0 Å². The van der Waals surface area contributed by atoms with Crippen molar-refractivity contribution in [3.05, 3.63) is 71.8 Å². The Morgan fingerprint density at radius 1 is 0.900 bits per heavy atom. The quantitative estimate of drug-likeness (QED) is 0.893. The highest BCUT2D eigenvalue weighted by Gasteiger charge is 2.44. The van der Waals surface area contributed by atoms with Crippen molar-refractivity contribution in [2.24, 2.45) is 0 Å². The zero-order chi connectivity index (χ0) is 14.6. The Balaban J connectivity index is 2.69. The Labute approximate surface area is 118 Å². The predicted molar refractivity (Wildman–Crippen MR) is 77.0 cm³/mol. The number of hydrogen-bond acceptors (Lipinski definition) is 3. The molecule has 0 spiro atoms. The lowest BCUT2D eigenvalue weighted by atomic mass is 9.70. The summed E-state index contributed by atoms with van der Waals surface area (Å²) in [6.45, 7) is 1.49. The maximum Gasteiger partial charge on any atom is 0.135 e. The monoisotopic (exact) mass is 267 g/mol. The summed E-state index contributed by atoms with van der Waals surface area (Å²) in [6.07, 6.45) is -2.23. The third-order valence-corrected chi connectivity index (χ3v) is 3.54. The van der Waals surface area contributed by atoms with Crippen LogP contribution in [0.1, 0.15) is 18.1 Å². The van der Waals surface area contributed by atoms with Crippen LogP contribution in [-0.4, -0.2) is 22.4 Å². The number of hydrogen-bond donors (Lipinski definition) is 2. The Kier molecular flexibility index (Phi) is 4.19. The Hall–Kier alpha value is -2.15. The van der Waals surface area contributed by atoms with E-state index in [0.29, 0.717) is 11.1 Å². The highest BCUT2D eigenvalue weighted by atomic mass is 16.3. The van der Waals surface area contributed by atoms with E-state index in [1.807, 2.05) is 36.4 Å². The molecular formula is C17H17NO2. The molecule has 0 saturated heterocycles. The second-order valence-corrected chi connectivity index (χ2v) is 4.84. The summed E-state index contributed by atoms with van der Waals surface area (Å²) in [4.78, 5) is 0. The van der Waals surface area contributed by atoms with Crippen LogP contribution in [0, 0.1) is 11.3 Å². The first-order chi connectivity index (χ1) is 9.63. The van der Waals surface area contributed by atoms with Crippen LogP contribution in [-0.2, 0) is 5.41 Å². The van der Waals surface area contributed by atoms with E-state index in [0.717, 1.165) is 0 Å². The number of nitriles is 1. The van der Waals surface area contributed by atoms with Crippen LogP contribution < -0.4 is 0 Å². The van der Waals surface area contributed by atoms with Crippen LogP contribution in [0.15, 0.2) is 60.7 Å². The van der Waals surface area contributed by atoms with Gasteiger partial charge >= 0.3 is 0 Å². The summed E-state index contributed by atoms with van der Waals surface area (Å²) in [5, 5.41) is 30.1. The Morgan fingerprint density at radius 2 is 1.30 bits per heavy atom. The second kappa shape index (κ2) is 5.87. The van der Waals surface area contributed by atoms with Gasteiger partial charge in [0.25, 0.3) is 0 Å². The van der Waals surface area contributed by atoms with Gasteiger partial charge in [0, 0.05) is 0 Å². The van der Waals surface area contributed by atoms with Gasteiger partial charge in [-0.1, -0.05) is 60.7 Å². The minimum Gasteiger partial charge on any atom is -0.391 e. The van der Waals surface area contributed by atoms with Crippen molar-refractivity contribution in [1.82, 2.24) is 0 Å². The van der Waals surface area contributed by atoms with Crippen molar-refractivity contribution >= 4 is 0 Å². The van der Waals surface area contributed by atoms with E-state index in [4.69, 9.17) is 0 Å². The second-order valence-electron chi connectivity index (χ2n) is 4.84. The lowest BCUT2D eigenvalue weighted by Crippen LogP contribution is -2.45. The van der Waals surface area contributed by atoms with Gasteiger partial charge in [0.05, 0.1) is 12.2 Å². The summed E-state index contributed by atoms with van der Waals surface area (Å²) in [5.74, 6) is 0. The minimum absolute atomic E-state index is 0.669. The zero-order valence-electron chi connectivity index (χ0n) is 11.3. The molecule has 0 aliphatic heterocycles. The Bertz CT molecular complexity index is 548. The number of nitrogens with zero attached hydrogens (tertiary/aromatic N) is 1. The fraction of sp³-hybridized carbons (Fsp3) is 0.235. The molecule has 20 heavy (non-hydrogen) atoms. The van der Waals surface area contributed by atoms with Crippen LogP contribution >= 0.6 is 0 Å². The normalized spacial score (nSPS) is 14.3. The maximum absolute atomic E-state index is 10.5. The van der Waals surface area contributed by atoms with E-state index in [-0.39, 0.29) is 0 Å². The molecule has 0 heterocycles. The smallest absolute Gasteiger partial charge is 0.135 e. The van der Waals surface area contributed by atoms with E-state index in [1.165, 1.54) is 6.92 Å². The maximum atomic E-state index is 10.5. The van der Waals surface area contributed by atoms with Crippen LogP contribution in [0.25, 0.3) is 0 Å². The van der Waals surface area contributed by atoms with Gasteiger partial charge < -0.3 is 10.2 Å². The lowest BCUT2D eigenvalue weighted by molar-refractivity contribution is 0.00439. The van der Waals surface area contributed by atoms with Crippen LogP contribution in [0.5, 0.6) is 0 Å². The molecule has 2 N–H and O–H groups in total. The van der Waals surface area contributed by atoms with Gasteiger partial charge in [0.1, 0.15) is 11.5 Å². The molecule has 2 aromatic carbocycles. The van der Waals surface area contributed by atoms with Crippen molar-refractivity contribution < 1.29 is 10.2 Å². The molecule has 0 bridgehead atoms. The zero-order valence-corrected chi connectivity index (χ0v) is 11.3. The average Bonchev–Trinajstić information content (AvgIpc) is 2.50. The molecule has 2 rings (SSSR count). The average molecular weight is 267 g/mol. The highest BCUT2D eigenvalue weighted by Crippen LogP contribution is 2.36. The molecule has 0 aliphatic carbocycles. The predicted octanol–water partition coefficient (Wildman–Crippen LogP) is 2.24. The molecule has 102 valence electrons. The number of benzene rings is 2. The van der Waals surface area contributed by atoms with Gasteiger partial charge in [-0.25, -0.2) is 0 Å². The molecule has 0 radical (unpaired) electrons. The molecule has 0 unspecified atom stereocenters. The van der Waals surface area contributed by atoms with Crippen molar-refractivity contribution in [2.45, 2.75) is 24.5 Å². The summed E-state index contributed by atoms with van der Waals surface area (Å²) >= 11 is 0. The largest absolute Gasteiger partial charge is 0.391 e. The van der Waals surface area contributed by atoms with Gasteiger partial charge in [-0.3, -0.25) is 0 Å². The van der Waals surface area contributed by atoms with Gasteiger partial charge in [0.15, 0.2) is 0 Å². The molecule has 2 aromatic rings. The summed E-state index contributed by atoms with van der Waals surface area (Å²) in [7, 11) is 0. The molecule has 0 aromatic heterocycles. The van der Waals surface area contributed by atoms with Crippen molar-refractivity contribution in [1.29, 1.82) is 5.26 Å². The van der Waals surface area contributed by atoms with Gasteiger partial charge in [-0.05, 0) is 18.1 Å². The molecule has 3 nitrogen and oxygen atoms in total. The first-order valence-electron chi connectivity index (χ1n) is 6.51. The van der Waals surface area contributed by atoms with Gasteiger partial charge in [-0.2, -0.15) is 5.26 Å². The lowest BCUT2D eigenvalue weighted by Gasteiger charge is -2.34. The summed E-state index contributed by atoms with van der Waals surface area (Å²) in [5.41, 5.74) is 0.0562. The third kappa shape index (κ3) is 2.32. The summed E-state index contributed by atoms with van der Waals surface area (Å²) in [6, 6.07) is 20.4. The van der Waals surface area contributed by atoms with Crippen LogP contribution in [0.4, 0.5) is 0 Å². The number of aliphatic hydroxyl groups is 2.